The fourth-order valence-corrected chi connectivity index (χ4v) is 3.64. The second-order valence-corrected chi connectivity index (χ2v) is 8.11. The van der Waals surface area contributed by atoms with Gasteiger partial charge in [0, 0.05) is 17.1 Å². The summed E-state index contributed by atoms with van der Waals surface area (Å²) in [5.74, 6) is -0.848. The summed E-state index contributed by atoms with van der Waals surface area (Å²) < 4.78 is 2.40. The minimum Gasteiger partial charge on any atom is -0.478 e. The molecule has 0 saturated heterocycles. The van der Waals surface area contributed by atoms with Crippen LogP contribution in [0.5, 0.6) is 0 Å². The standard InChI is InChI=1S/C21H31NO2/c1-8-9-10-16-14(4)22(13(2)3)19-17(16)11-15(20(23)24)12-18(19)21(5,6)7/h11-13H,8-10H2,1-7H3,(H,23,24). The number of benzene rings is 1. The molecule has 3 heteroatoms. The first-order valence-corrected chi connectivity index (χ1v) is 9.00. The van der Waals surface area contributed by atoms with Crippen LogP contribution in [0.4, 0.5) is 0 Å². The zero-order valence-corrected chi connectivity index (χ0v) is 16.2. The number of hydrogen-bond donors (Lipinski definition) is 1. The number of hydrogen-bond acceptors (Lipinski definition) is 1. The molecule has 0 spiro atoms. The van der Waals surface area contributed by atoms with E-state index < -0.39 is 5.97 Å². The van der Waals surface area contributed by atoms with E-state index in [9.17, 15) is 9.90 Å². The molecule has 132 valence electrons. The van der Waals surface area contributed by atoms with Gasteiger partial charge in [0.05, 0.1) is 11.1 Å². The fraction of sp³-hybridized carbons (Fsp3) is 0.571. The molecular formula is C21H31NO2. The molecule has 0 bridgehead atoms. The van der Waals surface area contributed by atoms with Crippen molar-refractivity contribution in [3.8, 4) is 0 Å². The zero-order valence-electron chi connectivity index (χ0n) is 16.2. The monoisotopic (exact) mass is 329 g/mol. The minimum absolute atomic E-state index is 0.108. The van der Waals surface area contributed by atoms with E-state index in [1.54, 1.807) is 0 Å². The summed E-state index contributed by atoms with van der Waals surface area (Å²) in [6.45, 7) is 15.3. The third kappa shape index (κ3) is 3.22. The van der Waals surface area contributed by atoms with Gasteiger partial charge in [0.1, 0.15) is 0 Å². The van der Waals surface area contributed by atoms with Crippen LogP contribution in [-0.2, 0) is 11.8 Å². The molecule has 2 rings (SSSR count). The Morgan fingerprint density at radius 1 is 1.25 bits per heavy atom. The number of carboxylic acids is 1. The average molecular weight is 329 g/mol. The highest BCUT2D eigenvalue weighted by Gasteiger charge is 2.26. The lowest BCUT2D eigenvalue weighted by molar-refractivity contribution is 0.0697. The van der Waals surface area contributed by atoms with E-state index in [0.29, 0.717) is 11.6 Å². The Labute approximate surface area is 145 Å². The summed E-state index contributed by atoms with van der Waals surface area (Å²) in [7, 11) is 0. The number of nitrogens with zero attached hydrogens (tertiary/aromatic N) is 1. The van der Waals surface area contributed by atoms with E-state index in [0.717, 1.165) is 30.2 Å². The van der Waals surface area contributed by atoms with Gasteiger partial charge < -0.3 is 9.67 Å². The molecule has 0 aliphatic heterocycles. The summed E-state index contributed by atoms with van der Waals surface area (Å²) in [6.07, 6.45) is 3.27. The van der Waals surface area contributed by atoms with Crippen molar-refractivity contribution in [2.45, 2.75) is 79.2 Å². The lowest BCUT2D eigenvalue weighted by atomic mass is 9.84. The van der Waals surface area contributed by atoms with Crippen molar-refractivity contribution in [2.24, 2.45) is 0 Å². The Hall–Kier alpha value is -1.77. The predicted molar refractivity (Wildman–Crippen MR) is 101 cm³/mol. The van der Waals surface area contributed by atoms with Gasteiger partial charge in [0.25, 0.3) is 0 Å². The zero-order chi connectivity index (χ0) is 18.2. The van der Waals surface area contributed by atoms with Crippen LogP contribution in [-0.4, -0.2) is 15.6 Å². The molecule has 0 amide bonds. The van der Waals surface area contributed by atoms with Gasteiger partial charge in [-0.2, -0.15) is 0 Å². The molecule has 0 saturated carbocycles. The van der Waals surface area contributed by atoms with E-state index >= 15 is 0 Å². The molecule has 1 aromatic carbocycles. The molecular weight excluding hydrogens is 298 g/mol. The Balaban J connectivity index is 2.96. The van der Waals surface area contributed by atoms with Crippen molar-refractivity contribution in [1.82, 2.24) is 4.57 Å². The third-order valence-electron chi connectivity index (χ3n) is 4.83. The first-order valence-electron chi connectivity index (χ1n) is 9.00. The molecule has 0 aliphatic rings. The highest BCUT2D eigenvalue weighted by atomic mass is 16.4. The number of carbonyl (C=O) groups is 1. The van der Waals surface area contributed by atoms with E-state index in [4.69, 9.17) is 0 Å². The first kappa shape index (κ1) is 18.6. The number of carboxylic acid groups (broad SMARTS) is 1. The van der Waals surface area contributed by atoms with Gasteiger partial charge in [-0.15, -0.1) is 0 Å². The number of aryl methyl sites for hydroxylation is 1. The molecule has 3 nitrogen and oxygen atoms in total. The van der Waals surface area contributed by atoms with Crippen LogP contribution < -0.4 is 0 Å². The Morgan fingerprint density at radius 3 is 2.33 bits per heavy atom. The van der Waals surface area contributed by atoms with Crippen molar-refractivity contribution in [3.63, 3.8) is 0 Å². The Kier molecular flexibility index (Phi) is 5.12. The second kappa shape index (κ2) is 6.62. The van der Waals surface area contributed by atoms with Crippen molar-refractivity contribution in [1.29, 1.82) is 0 Å². The SMILES string of the molecule is CCCCc1c(C)n(C(C)C)c2c(C(C)(C)C)cc(C(=O)O)cc12. The predicted octanol–water partition coefficient (Wildman–Crippen LogP) is 5.87. The first-order chi connectivity index (χ1) is 11.1. The second-order valence-electron chi connectivity index (χ2n) is 8.11. The quantitative estimate of drug-likeness (QED) is 0.745. The molecule has 1 heterocycles. The molecule has 0 fully saturated rings. The van der Waals surface area contributed by atoms with Crippen LogP contribution in [0.25, 0.3) is 10.9 Å². The van der Waals surface area contributed by atoms with Crippen molar-refractivity contribution >= 4 is 16.9 Å². The minimum atomic E-state index is -0.848. The van der Waals surface area contributed by atoms with E-state index in [-0.39, 0.29) is 5.41 Å². The molecule has 1 N–H and O–H groups in total. The molecule has 1 aromatic heterocycles. The highest BCUT2D eigenvalue weighted by molar-refractivity contribution is 5.97. The number of aromatic carboxylic acids is 1. The molecule has 0 aliphatic carbocycles. The van der Waals surface area contributed by atoms with Crippen LogP contribution in [0.15, 0.2) is 12.1 Å². The topological polar surface area (TPSA) is 42.2 Å². The molecule has 0 radical (unpaired) electrons. The van der Waals surface area contributed by atoms with E-state index in [2.05, 4.69) is 53.0 Å². The maximum atomic E-state index is 11.7. The smallest absolute Gasteiger partial charge is 0.335 e. The lowest BCUT2D eigenvalue weighted by Gasteiger charge is -2.24. The third-order valence-corrected chi connectivity index (χ3v) is 4.83. The summed E-state index contributed by atoms with van der Waals surface area (Å²) >= 11 is 0. The van der Waals surface area contributed by atoms with E-state index in [1.807, 2.05) is 12.1 Å². The fourth-order valence-electron chi connectivity index (χ4n) is 3.64. The molecule has 0 atom stereocenters. The maximum Gasteiger partial charge on any atom is 0.335 e. The van der Waals surface area contributed by atoms with Gasteiger partial charge in [-0.1, -0.05) is 34.1 Å². The van der Waals surface area contributed by atoms with Gasteiger partial charge in [-0.05, 0) is 62.3 Å². The lowest BCUT2D eigenvalue weighted by Crippen LogP contribution is -2.16. The number of rotatable bonds is 5. The summed E-state index contributed by atoms with van der Waals surface area (Å²) in [5, 5.41) is 10.7. The van der Waals surface area contributed by atoms with Crippen molar-refractivity contribution in [2.75, 3.05) is 0 Å². The number of aromatic nitrogens is 1. The van der Waals surface area contributed by atoms with Gasteiger partial charge in [0.15, 0.2) is 0 Å². The summed E-state index contributed by atoms with van der Waals surface area (Å²) in [6, 6.07) is 4.09. The van der Waals surface area contributed by atoms with Crippen LogP contribution in [0, 0.1) is 6.92 Å². The van der Waals surface area contributed by atoms with Crippen LogP contribution in [0.2, 0.25) is 0 Å². The molecule has 2 aromatic rings. The molecule has 0 unspecified atom stereocenters. The maximum absolute atomic E-state index is 11.7. The van der Waals surface area contributed by atoms with Crippen molar-refractivity contribution in [3.05, 3.63) is 34.5 Å². The Bertz CT molecular complexity index is 760. The normalized spacial score (nSPS) is 12.3. The van der Waals surface area contributed by atoms with Crippen LogP contribution >= 0.6 is 0 Å². The number of fused-ring (bicyclic) bond motifs is 1. The Morgan fingerprint density at radius 2 is 1.88 bits per heavy atom. The molecule has 24 heavy (non-hydrogen) atoms. The largest absolute Gasteiger partial charge is 0.478 e. The van der Waals surface area contributed by atoms with Gasteiger partial charge in [-0.3, -0.25) is 0 Å². The van der Waals surface area contributed by atoms with Crippen molar-refractivity contribution < 1.29 is 9.90 Å². The summed E-state index contributed by atoms with van der Waals surface area (Å²) in [5.41, 5.74) is 5.22. The number of unbranched alkanes of at least 4 members (excludes halogenated alkanes) is 1. The van der Waals surface area contributed by atoms with Gasteiger partial charge in [0.2, 0.25) is 0 Å². The van der Waals surface area contributed by atoms with Gasteiger partial charge >= 0.3 is 5.97 Å². The van der Waals surface area contributed by atoms with Crippen LogP contribution in [0.1, 0.15) is 87.6 Å². The van der Waals surface area contributed by atoms with E-state index in [1.165, 1.54) is 16.8 Å². The van der Waals surface area contributed by atoms with Gasteiger partial charge in [-0.25, -0.2) is 4.79 Å². The van der Waals surface area contributed by atoms with Crippen LogP contribution in [0.3, 0.4) is 0 Å². The summed E-state index contributed by atoms with van der Waals surface area (Å²) in [4.78, 5) is 11.7. The average Bonchev–Trinajstić information content (AvgIpc) is 2.74. The highest BCUT2D eigenvalue weighted by Crippen LogP contribution is 2.38.